The Bertz CT molecular complexity index is 604. The van der Waals surface area contributed by atoms with Gasteiger partial charge in [-0.25, -0.2) is 26.7 Å². The second kappa shape index (κ2) is 7.38. The molecule has 1 rings (SSSR count). The topological polar surface area (TPSA) is 55.4 Å². The summed E-state index contributed by atoms with van der Waals surface area (Å²) in [6.07, 6.45) is 0. The monoisotopic (exact) mass is 339 g/mol. The summed E-state index contributed by atoms with van der Waals surface area (Å²) >= 11 is 0. The zero-order chi connectivity index (χ0) is 17.9. The molecule has 0 spiro atoms. The predicted octanol–water partition coefficient (Wildman–Crippen LogP) is 2.70. The Kier molecular flexibility index (Phi) is 6.05. The highest BCUT2D eigenvalue weighted by atomic mass is 19.2. The lowest BCUT2D eigenvalue weighted by atomic mass is 10.0. The number of carbonyl (C=O) groups is 2. The number of rotatable bonds is 5. The zero-order valence-corrected chi connectivity index (χ0v) is 12.5. The molecule has 9 heteroatoms. The number of halogens is 5. The average Bonchev–Trinajstić information content (AvgIpc) is 2.48. The molecule has 0 aliphatic carbocycles. The van der Waals surface area contributed by atoms with Crippen LogP contribution in [-0.2, 0) is 9.53 Å². The third-order valence-electron chi connectivity index (χ3n) is 2.93. The van der Waals surface area contributed by atoms with Crippen molar-refractivity contribution in [1.82, 2.24) is 5.32 Å². The first kappa shape index (κ1) is 18.9. The van der Waals surface area contributed by atoms with E-state index in [-0.39, 0.29) is 6.61 Å². The van der Waals surface area contributed by atoms with E-state index in [1.165, 1.54) is 20.8 Å². The predicted molar refractivity (Wildman–Crippen MR) is 69.0 cm³/mol. The summed E-state index contributed by atoms with van der Waals surface area (Å²) < 4.78 is 70.9. The van der Waals surface area contributed by atoms with Gasteiger partial charge in [0.05, 0.1) is 6.61 Å². The standard InChI is InChI=1S/C14H14F5NO3/c1-4-23-14(22)12(5(2)3)20-13(21)6-7(15)9(17)11(19)10(18)8(6)16/h5,12H,4H2,1-3H3,(H,20,21). The van der Waals surface area contributed by atoms with Gasteiger partial charge in [-0.2, -0.15) is 0 Å². The number of hydrogen-bond acceptors (Lipinski definition) is 3. The minimum Gasteiger partial charge on any atom is -0.464 e. The summed E-state index contributed by atoms with van der Waals surface area (Å²) in [7, 11) is 0. The van der Waals surface area contributed by atoms with Crippen LogP contribution in [0.25, 0.3) is 0 Å². The van der Waals surface area contributed by atoms with Crippen LogP contribution in [0.2, 0.25) is 0 Å². The highest BCUT2D eigenvalue weighted by molar-refractivity contribution is 5.97. The van der Waals surface area contributed by atoms with Crippen molar-refractivity contribution in [2.45, 2.75) is 26.8 Å². The number of benzene rings is 1. The van der Waals surface area contributed by atoms with Crippen molar-refractivity contribution in [2.75, 3.05) is 6.61 Å². The van der Waals surface area contributed by atoms with E-state index >= 15 is 0 Å². The second-order valence-electron chi connectivity index (χ2n) is 4.89. The number of hydrogen-bond donors (Lipinski definition) is 1. The number of amides is 1. The molecule has 0 bridgehead atoms. The lowest BCUT2D eigenvalue weighted by Crippen LogP contribution is -2.46. The van der Waals surface area contributed by atoms with Crippen LogP contribution in [0.5, 0.6) is 0 Å². The summed E-state index contributed by atoms with van der Waals surface area (Å²) in [5.74, 6) is -14.4. The van der Waals surface area contributed by atoms with E-state index in [4.69, 9.17) is 0 Å². The van der Waals surface area contributed by atoms with Gasteiger partial charge in [0, 0.05) is 0 Å². The molecule has 0 aliphatic rings. The van der Waals surface area contributed by atoms with E-state index in [0.29, 0.717) is 0 Å². The molecule has 1 aromatic carbocycles. The molecular weight excluding hydrogens is 325 g/mol. The van der Waals surface area contributed by atoms with Gasteiger partial charge in [-0.3, -0.25) is 4.79 Å². The van der Waals surface area contributed by atoms with Gasteiger partial charge in [0.1, 0.15) is 11.6 Å². The molecule has 4 nitrogen and oxygen atoms in total. The number of carbonyl (C=O) groups excluding carboxylic acids is 2. The number of ether oxygens (including phenoxy) is 1. The summed E-state index contributed by atoms with van der Waals surface area (Å²) in [5.41, 5.74) is -1.66. The Morgan fingerprint density at radius 2 is 1.39 bits per heavy atom. The summed E-state index contributed by atoms with van der Waals surface area (Å²) in [6.45, 7) is 4.49. The quantitative estimate of drug-likeness (QED) is 0.388. The normalized spacial score (nSPS) is 12.2. The molecule has 23 heavy (non-hydrogen) atoms. The summed E-state index contributed by atoms with van der Waals surface area (Å²) in [6, 6.07) is -1.31. The van der Waals surface area contributed by atoms with Gasteiger partial charge < -0.3 is 10.1 Å². The molecule has 1 atom stereocenters. The van der Waals surface area contributed by atoms with Gasteiger partial charge in [0.15, 0.2) is 23.3 Å². The van der Waals surface area contributed by atoms with Crippen LogP contribution in [0.1, 0.15) is 31.1 Å². The fraction of sp³-hybridized carbons (Fsp3) is 0.429. The SMILES string of the molecule is CCOC(=O)C(NC(=O)c1c(F)c(F)c(F)c(F)c1F)C(C)C. The van der Waals surface area contributed by atoms with Crippen LogP contribution >= 0.6 is 0 Å². The molecule has 0 aromatic heterocycles. The van der Waals surface area contributed by atoms with Crippen molar-refractivity contribution in [3.8, 4) is 0 Å². The highest BCUT2D eigenvalue weighted by Crippen LogP contribution is 2.23. The second-order valence-corrected chi connectivity index (χ2v) is 4.89. The first-order chi connectivity index (χ1) is 10.6. The van der Waals surface area contributed by atoms with E-state index in [1.54, 1.807) is 0 Å². The third-order valence-corrected chi connectivity index (χ3v) is 2.93. The Morgan fingerprint density at radius 3 is 1.78 bits per heavy atom. The molecule has 0 aliphatic heterocycles. The fourth-order valence-corrected chi connectivity index (χ4v) is 1.75. The number of esters is 1. The van der Waals surface area contributed by atoms with Gasteiger partial charge in [-0.05, 0) is 12.8 Å². The first-order valence-corrected chi connectivity index (χ1v) is 6.62. The van der Waals surface area contributed by atoms with E-state index in [9.17, 15) is 31.5 Å². The summed E-state index contributed by atoms with van der Waals surface area (Å²) in [4.78, 5) is 23.5. The maximum absolute atomic E-state index is 13.6. The van der Waals surface area contributed by atoms with Gasteiger partial charge >= 0.3 is 5.97 Å². The Hall–Kier alpha value is -2.19. The molecule has 1 aromatic rings. The lowest BCUT2D eigenvalue weighted by molar-refractivity contribution is -0.146. The van der Waals surface area contributed by atoms with Crippen LogP contribution in [-0.4, -0.2) is 24.5 Å². The van der Waals surface area contributed by atoms with E-state index in [2.05, 4.69) is 4.74 Å². The Labute approximate surface area is 128 Å². The maximum atomic E-state index is 13.6. The van der Waals surface area contributed by atoms with Gasteiger partial charge in [0.2, 0.25) is 5.82 Å². The van der Waals surface area contributed by atoms with Gasteiger partial charge in [0.25, 0.3) is 5.91 Å². The van der Waals surface area contributed by atoms with Crippen molar-refractivity contribution in [1.29, 1.82) is 0 Å². The molecule has 0 radical (unpaired) electrons. The minimum atomic E-state index is -2.37. The molecule has 1 N–H and O–H groups in total. The van der Waals surface area contributed by atoms with Crippen molar-refractivity contribution >= 4 is 11.9 Å². The molecule has 0 fully saturated rings. The minimum absolute atomic E-state index is 0.0134. The Morgan fingerprint density at radius 1 is 0.957 bits per heavy atom. The molecular formula is C14H14F5NO3. The smallest absolute Gasteiger partial charge is 0.328 e. The zero-order valence-electron chi connectivity index (χ0n) is 12.5. The lowest BCUT2D eigenvalue weighted by Gasteiger charge is -2.21. The molecule has 0 saturated carbocycles. The van der Waals surface area contributed by atoms with E-state index in [1.807, 2.05) is 5.32 Å². The van der Waals surface area contributed by atoms with Crippen LogP contribution in [0, 0.1) is 35.0 Å². The summed E-state index contributed by atoms with van der Waals surface area (Å²) in [5, 5.41) is 1.92. The molecule has 128 valence electrons. The molecule has 0 heterocycles. The van der Waals surface area contributed by atoms with Crippen LogP contribution in [0.4, 0.5) is 22.0 Å². The van der Waals surface area contributed by atoms with E-state index < -0.39 is 58.5 Å². The number of nitrogens with one attached hydrogen (secondary N) is 1. The van der Waals surface area contributed by atoms with Crippen molar-refractivity contribution in [3.63, 3.8) is 0 Å². The van der Waals surface area contributed by atoms with Crippen LogP contribution in [0.3, 0.4) is 0 Å². The third kappa shape index (κ3) is 3.77. The van der Waals surface area contributed by atoms with Crippen molar-refractivity contribution < 1.29 is 36.3 Å². The van der Waals surface area contributed by atoms with Crippen LogP contribution < -0.4 is 5.32 Å². The molecule has 0 saturated heterocycles. The maximum Gasteiger partial charge on any atom is 0.328 e. The first-order valence-electron chi connectivity index (χ1n) is 6.62. The largest absolute Gasteiger partial charge is 0.464 e. The van der Waals surface area contributed by atoms with Crippen LogP contribution in [0.15, 0.2) is 0 Å². The fourth-order valence-electron chi connectivity index (χ4n) is 1.75. The van der Waals surface area contributed by atoms with Crippen molar-refractivity contribution in [2.24, 2.45) is 5.92 Å². The average molecular weight is 339 g/mol. The highest BCUT2D eigenvalue weighted by Gasteiger charge is 2.33. The van der Waals surface area contributed by atoms with Crippen molar-refractivity contribution in [3.05, 3.63) is 34.6 Å². The van der Waals surface area contributed by atoms with Gasteiger partial charge in [-0.1, -0.05) is 13.8 Å². The molecule has 1 unspecified atom stereocenters. The Balaban J connectivity index is 3.22. The van der Waals surface area contributed by atoms with E-state index in [0.717, 1.165) is 0 Å². The molecule has 1 amide bonds. The van der Waals surface area contributed by atoms with Gasteiger partial charge in [-0.15, -0.1) is 0 Å².